The van der Waals surface area contributed by atoms with E-state index in [2.05, 4.69) is 20.9 Å². The van der Waals surface area contributed by atoms with Gasteiger partial charge in [-0.3, -0.25) is 15.0 Å². The molecule has 0 saturated carbocycles. The number of rotatable bonds is 2. The van der Waals surface area contributed by atoms with Gasteiger partial charge in [0.25, 0.3) is 0 Å². The molecule has 2 fully saturated rings. The van der Waals surface area contributed by atoms with Crippen LogP contribution in [0.3, 0.4) is 0 Å². The molecule has 122 valence electrons. The molecule has 21 heavy (non-hydrogen) atoms. The number of hydrogen-bond acceptors (Lipinski definition) is 4. The number of imide groups is 1. The molecule has 3 N–H and O–H groups in total. The Morgan fingerprint density at radius 2 is 2.00 bits per heavy atom. The molecule has 6 nitrogen and oxygen atoms in total. The molecule has 2 saturated heterocycles. The van der Waals surface area contributed by atoms with Gasteiger partial charge in [-0.05, 0) is 46.1 Å². The lowest BCUT2D eigenvalue weighted by atomic mass is 9.93. The summed E-state index contributed by atoms with van der Waals surface area (Å²) in [6, 6.07) is 0.207. The molecule has 0 radical (unpaired) electrons. The minimum absolute atomic E-state index is 0. The van der Waals surface area contributed by atoms with E-state index in [1.54, 1.807) is 0 Å². The molecular formula is C14H27ClN4O2. The van der Waals surface area contributed by atoms with E-state index in [1.165, 1.54) is 6.42 Å². The first-order valence-corrected chi connectivity index (χ1v) is 7.41. The number of amides is 3. The van der Waals surface area contributed by atoms with Crippen LogP contribution in [-0.2, 0) is 4.79 Å². The molecule has 2 rings (SSSR count). The molecule has 2 heterocycles. The predicted octanol–water partition coefficient (Wildman–Crippen LogP) is 0.716. The van der Waals surface area contributed by atoms with Crippen molar-refractivity contribution in [2.75, 3.05) is 26.2 Å². The number of fused-ring (bicyclic) bond motifs is 1. The molecule has 2 atom stereocenters. The van der Waals surface area contributed by atoms with Gasteiger partial charge in [0, 0.05) is 24.7 Å². The van der Waals surface area contributed by atoms with Gasteiger partial charge >= 0.3 is 6.03 Å². The summed E-state index contributed by atoms with van der Waals surface area (Å²) in [7, 11) is 0. The van der Waals surface area contributed by atoms with Gasteiger partial charge in [0.15, 0.2) is 0 Å². The van der Waals surface area contributed by atoms with Crippen LogP contribution in [0.25, 0.3) is 0 Å². The quantitative estimate of drug-likeness (QED) is 0.701. The topological polar surface area (TPSA) is 73.5 Å². The minimum Gasteiger partial charge on any atom is -0.333 e. The number of urea groups is 1. The molecule has 0 aromatic carbocycles. The maximum Gasteiger partial charge on any atom is 0.321 e. The fourth-order valence-electron chi connectivity index (χ4n) is 3.01. The highest BCUT2D eigenvalue weighted by Gasteiger charge is 2.33. The average Bonchev–Trinajstić information content (AvgIpc) is 2.72. The normalized spacial score (nSPS) is 25.7. The fourth-order valence-corrected chi connectivity index (χ4v) is 3.01. The number of piperidine rings is 1. The lowest BCUT2D eigenvalue weighted by molar-refractivity contribution is -0.121. The maximum absolute atomic E-state index is 11.9. The van der Waals surface area contributed by atoms with Crippen LogP contribution in [0.4, 0.5) is 4.79 Å². The number of carbonyl (C=O) groups is 2. The zero-order valence-corrected chi connectivity index (χ0v) is 13.9. The maximum atomic E-state index is 11.9. The summed E-state index contributed by atoms with van der Waals surface area (Å²) >= 11 is 0. The standard InChI is InChI=1S/C14H26N4O2.ClH/c1-14(2,3)17-13(20)16-12(19)9-18-7-5-11-10(8-18)4-6-15-11;/h10-11,15H,4-9H2,1-3H3,(H2,16,17,19,20);1H. The van der Waals surface area contributed by atoms with Gasteiger partial charge in [-0.2, -0.15) is 0 Å². The molecule has 0 spiro atoms. The Hall–Kier alpha value is -0.850. The van der Waals surface area contributed by atoms with E-state index in [9.17, 15) is 9.59 Å². The molecule has 2 unspecified atom stereocenters. The van der Waals surface area contributed by atoms with E-state index in [0.717, 1.165) is 26.1 Å². The summed E-state index contributed by atoms with van der Waals surface area (Å²) in [5, 5.41) is 8.62. The Morgan fingerprint density at radius 3 is 2.67 bits per heavy atom. The summed E-state index contributed by atoms with van der Waals surface area (Å²) < 4.78 is 0. The number of nitrogens with one attached hydrogen (secondary N) is 3. The zero-order valence-electron chi connectivity index (χ0n) is 13.1. The van der Waals surface area contributed by atoms with E-state index in [4.69, 9.17) is 0 Å². The first-order chi connectivity index (χ1) is 9.33. The van der Waals surface area contributed by atoms with Gasteiger partial charge in [-0.1, -0.05) is 0 Å². The second-order valence-corrected chi connectivity index (χ2v) is 6.89. The summed E-state index contributed by atoms with van der Waals surface area (Å²) in [5.41, 5.74) is -0.335. The highest BCUT2D eigenvalue weighted by atomic mass is 35.5. The Bertz CT molecular complexity index is 384. The lowest BCUT2D eigenvalue weighted by Crippen LogP contribution is -2.52. The minimum atomic E-state index is -0.417. The highest BCUT2D eigenvalue weighted by Crippen LogP contribution is 2.24. The first kappa shape index (κ1) is 18.2. The highest BCUT2D eigenvalue weighted by molar-refractivity contribution is 5.95. The fraction of sp³-hybridized carbons (Fsp3) is 0.857. The van der Waals surface area contributed by atoms with E-state index >= 15 is 0 Å². The molecule has 2 aliphatic heterocycles. The molecular weight excluding hydrogens is 292 g/mol. The monoisotopic (exact) mass is 318 g/mol. The van der Waals surface area contributed by atoms with Crippen molar-refractivity contribution in [2.45, 2.75) is 45.2 Å². The summed E-state index contributed by atoms with van der Waals surface area (Å²) in [5.74, 6) is 0.427. The van der Waals surface area contributed by atoms with Crippen LogP contribution < -0.4 is 16.0 Å². The number of hydrogen-bond donors (Lipinski definition) is 3. The first-order valence-electron chi connectivity index (χ1n) is 7.41. The van der Waals surface area contributed by atoms with Crippen LogP contribution in [-0.4, -0.2) is 54.6 Å². The largest absolute Gasteiger partial charge is 0.333 e. The van der Waals surface area contributed by atoms with Crippen LogP contribution in [0, 0.1) is 5.92 Å². The molecule has 0 aromatic rings. The van der Waals surface area contributed by atoms with Crippen molar-refractivity contribution >= 4 is 24.3 Å². The van der Waals surface area contributed by atoms with Gasteiger partial charge in [-0.25, -0.2) is 4.79 Å². The summed E-state index contributed by atoms with van der Waals surface area (Å²) in [6.45, 7) is 8.91. The third kappa shape index (κ3) is 5.80. The number of carbonyl (C=O) groups excluding carboxylic acids is 2. The third-order valence-electron chi connectivity index (χ3n) is 3.85. The predicted molar refractivity (Wildman–Crippen MR) is 84.6 cm³/mol. The van der Waals surface area contributed by atoms with Crippen molar-refractivity contribution in [2.24, 2.45) is 5.92 Å². The molecule has 2 aliphatic rings. The van der Waals surface area contributed by atoms with Crippen LogP contribution in [0.1, 0.15) is 33.6 Å². The number of nitrogens with zero attached hydrogens (tertiary/aromatic N) is 1. The van der Waals surface area contributed by atoms with Crippen molar-refractivity contribution in [3.63, 3.8) is 0 Å². The van der Waals surface area contributed by atoms with Crippen molar-refractivity contribution in [3.05, 3.63) is 0 Å². The van der Waals surface area contributed by atoms with E-state index in [0.29, 0.717) is 18.5 Å². The second kappa shape index (κ2) is 7.42. The number of likely N-dealkylation sites (tertiary alicyclic amines) is 1. The Balaban J connectivity index is 0.00000220. The summed E-state index contributed by atoms with van der Waals surface area (Å²) in [4.78, 5) is 25.6. The van der Waals surface area contributed by atoms with Gasteiger partial charge in [0.05, 0.1) is 6.54 Å². The smallest absolute Gasteiger partial charge is 0.321 e. The number of halogens is 1. The van der Waals surface area contributed by atoms with Gasteiger partial charge in [0.1, 0.15) is 0 Å². The Morgan fingerprint density at radius 1 is 1.29 bits per heavy atom. The lowest BCUT2D eigenvalue weighted by Gasteiger charge is -2.34. The SMILES string of the molecule is CC(C)(C)NC(=O)NC(=O)CN1CCC2NCCC2C1.Cl. The van der Waals surface area contributed by atoms with E-state index < -0.39 is 6.03 Å². The van der Waals surface area contributed by atoms with Crippen LogP contribution >= 0.6 is 12.4 Å². The Kier molecular flexibility index (Phi) is 6.43. The average molecular weight is 319 g/mol. The molecule has 3 amide bonds. The summed E-state index contributed by atoms with van der Waals surface area (Å²) in [6.07, 6.45) is 2.28. The molecule has 0 aliphatic carbocycles. The van der Waals surface area contributed by atoms with E-state index in [-0.39, 0.29) is 23.9 Å². The van der Waals surface area contributed by atoms with Gasteiger partial charge < -0.3 is 10.6 Å². The van der Waals surface area contributed by atoms with Gasteiger partial charge in [-0.15, -0.1) is 12.4 Å². The van der Waals surface area contributed by atoms with E-state index in [1.807, 2.05) is 20.8 Å². The molecule has 0 aromatic heterocycles. The third-order valence-corrected chi connectivity index (χ3v) is 3.85. The van der Waals surface area contributed by atoms with Crippen molar-refractivity contribution in [1.82, 2.24) is 20.9 Å². The molecule has 0 bridgehead atoms. The zero-order chi connectivity index (χ0) is 14.8. The molecule has 7 heteroatoms. The van der Waals surface area contributed by atoms with Crippen molar-refractivity contribution < 1.29 is 9.59 Å². The van der Waals surface area contributed by atoms with Crippen molar-refractivity contribution in [1.29, 1.82) is 0 Å². The van der Waals surface area contributed by atoms with Crippen LogP contribution in [0.15, 0.2) is 0 Å². The van der Waals surface area contributed by atoms with Crippen molar-refractivity contribution in [3.8, 4) is 0 Å². The van der Waals surface area contributed by atoms with Crippen LogP contribution in [0.2, 0.25) is 0 Å². The second-order valence-electron chi connectivity index (χ2n) is 6.89. The Labute approximate surface area is 132 Å². The van der Waals surface area contributed by atoms with Crippen LogP contribution in [0.5, 0.6) is 0 Å². The van der Waals surface area contributed by atoms with Gasteiger partial charge in [0.2, 0.25) is 5.91 Å².